The molecule has 130 valence electrons. The number of benzene rings is 1. The zero-order valence-electron chi connectivity index (χ0n) is 14.1. The van der Waals surface area contributed by atoms with Gasteiger partial charge in [-0.15, -0.1) is 0 Å². The van der Waals surface area contributed by atoms with Crippen LogP contribution in [0.5, 0.6) is 0 Å². The van der Waals surface area contributed by atoms with E-state index in [1.165, 1.54) is 17.2 Å². The highest BCUT2D eigenvalue weighted by Gasteiger charge is 2.31. The smallest absolute Gasteiger partial charge is 0.319 e. The van der Waals surface area contributed by atoms with Crippen molar-refractivity contribution in [1.29, 1.82) is 0 Å². The van der Waals surface area contributed by atoms with Gasteiger partial charge in [-0.1, -0.05) is 24.3 Å². The zero-order valence-corrected chi connectivity index (χ0v) is 14.1. The van der Waals surface area contributed by atoms with Gasteiger partial charge in [-0.25, -0.2) is 4.79 Å². The SMILES string of the molecule is CN(C)C(=O)c1cc(NC(=O)N[C@H]2c3ccccc3C[C@H]2O)ccn1. The van der Waals surface area contributed by atoms with Crippen LogP contribution in [0.25, 0.3) is 0 Å². The Kier molecular flexibility index (Phi) is 4.67. The van der Waals surface area contributed by atoms with Crippen LogP contribution in [-0.2, 0) is 6.42 Å². The lowest BCUT2D eigenvalue weighted by Gasteiger charge is -2.18. The average Bonchev–Trinajstić information content (AvgIpc) is 2.90. The fourth-order valence-electron chi connectivity index (χ4n) is 2.91. The summed E-state index contributed by atoms with van der Waals surface area (Å²) in [4.78, 5) is 29.7. The molecule has 25 heavy (non-hydrogen) atoms. The maximum Gasteiger partial charge on any atom is 0.319 e. The number of aromatic nitrogens is 1. The van der Waals surface area contributed by atoms with Crippen LogP contribution in [0.15, 0.2) is 42.6 Å². The Bertz CT molecular complexity index is 806. The number of urea groups is 1. The third kappa shape index (κ3) is 3.61. The number of hydrogen-bond acceptors (Lipinski definition) is 4. The van der Waals surface area contributed by atoms with E-state index < -0.39 is 18.2 Å². The Labute approximate surface area is 145 Å². The summed E-state index contributed by atoms with van der Waals surface area (Å²) in [5.74, 6) is -0.246. The normalized spacial score (nSPS) is 18.4. The van der Waals surface area contributed by atoms with E-state index in [1.807, 2.05) is 24.3 Å². The summed E-state index contributed by atoms with van der Waals surface area (Å²) in [7, 11) is 3.27. The number of carbonyl (C=O) groups excluding carboxylic acids is 2. The van der Waals surface area contributed by atoms with E-state index in [4.69, 9.17) is 0 Å². The molecule has 1 aromatic heterocycles. The molecule has 2 aromatic rings. The lowest BCUT2D eigenvalue weighted by molar-refractivity contribution is 0.0822. The van der Waals surface area contributed by atoms with Gasteiger partial charge < -0.3 is 20.6 Å². The fraction of sp³-hybridized carbons (Fsp3) is 0.278. The van der Waals surface area contributed by atoms with Crippen LogP contribution >= 0.6 is 0 Å². The number of amides is 3. The molecule has 3 N–H and O–H groups in total. The molecule has 1 aromatic carbocycles. The summed E-state index contributed by atoms with van der Waals surface area (Å²) < 4.78 is 0. The fourth-order valence-corrected chi connectivity index (χ4v) is 2.91. The number of aliphatic hydroxyl groups excluding tert-OH is 1. The van der Waals surface area contributed by atoms with Gasteiger partial charge in [-0.05, 0) is 23.3 Å². The highest BCUT2D eigenvalue weighted by Crippen LogP contribution is 2.31. The molecule has 0 radical (unpaired) electrons. The van der Waals surface area contributed by atoms with Crippen molar-refractivity contribution < 1.29 is 14.7 Å². The van der Waals surface area contributed by atoms with E-state index in [0.717, 1.165) is 11.1 Å². The lowest BCUT2D eigenvalue weighted by atomic mass is 10.1. The Morgan fingerprint density at radius 2 is 2.00 bits per heavy atom. The highest BCUT2D eigenvalue weighted by atomic mass is 16.3. The summed E-state index contributed by atoms with van der Waals surface area (Å²) in [6.07, 6.45) is 1.32. The molecule has 0 saturated heterocycles. The third-order valence-corrected chi connectivity index (χ3v) is 4.13. The van der Waals surface area contributed by atoms with Crippen LogP contribution in [0.1, 0.15) is 27.7 Å². The predicted molar refractivity (Wildman–Crippen MR) is 93.3 cm³/mol. The molecule has 1 heterocycles. The summed E-state index contributed by atoms with van der Waals surface area (Å²) in [6, 6.07) is 9.85. The first-order chi connectivity index (χ1) is 12.0. The maximum atomic E-state index is 12.3. The van der Waals surface area contributed by atoms with Gasteiger partial charge in [0.2, 0.25) is 0 Å². The summed E-state index contributed by atoms with van der Waals surface area (Å²) in [5.41, 5.74) is 2.65. The van der Waals surface area contributed by atoms with E-state index in [1.54, 1.807) is 20.2 Å². The second-order valence-corrected chi connectivity index (χ2v) is 6.18. The number of fused-ring (bicyclic) bond motifs is 1. The minimum absolute atomic E-state index is 0.244. The molecule has 0 spiro atoms. The van der Waals surface area contributed by atoms with Crippen LogP contribution < -0.4 is 10.6 Å². The number of carbonyl (C=O) groups is 2. The Morgan fingerprint density at radius 1 is 1.24 bits per heavy atom. The number of nitrogens with one attached hydrogen (secondary N) is 2. The summed E-state index contributed by atoms with van der Waals surface area (Å²) in [5, 5.41) is 15.7. The first kappa shape index (κ1) is 16.9. The number of hydrogen-bond donors (Lipinski definition) is 3. The van der Waals surface area contributed by atoms with Crippen LogP contribution in [0.3, 0.4) is 0 Å². The summed E-state index contributed by atoms with van der Waals surface area (Å²) in [6.45, 7) is 0. The van der Waals surface area contributed by atoms with Gasteiger partial charge in [-0.2, -0.15) is 0 Å². The van der Waals surface area contributed by atoms with Gasteiger partial charge in [-0.3, -0.25) is 9.78 Å². The second kappa shape index (κ2) is 6.90. The number of pyridine rings is 1. The topological polar surface area (TPSA) is 94.6 Å². The van der Waals surface area contributed by atoms with Crippen LogP contribution in [0, 0.1) is 0 Å². The van der Waals surface area contributed by atoms with E-state index in [0.29, 0.717) is 12.1 Å². The highest BCUT2D eigenvalue weighted by molar-refractivity contribution is 5.95. The van der Waals surface area contributed by atoms with Crippen molar-refractivity contribution in [2.24, 2.45) is 0 Å². The van der Waals surface area contributed by atoms with Gasteiger partial charge in [0.25, 0.3) is 5.91 Å². The molecule has 3 amide bonds. The van der Waals surface area contributed by atoms with E-state index in [-0.39, 0.29) is 11.6 Å². The van der Waals surface area contributed by atoms with Crippen molar-refractivity contribution in [3.05, 3.63) is 59.4 Å². The van der Waals surface area contributed by atoms with Gasteiger partial charge >= 0.3 is 6.03 Å². The molecule has 1 aliphatic carbocycles. The second-order valence-electron chi connectivity index (χ2n) is 6.18. The summed E-state index contributed by atoms with van der Waals surface area (Å²) >= 11 is 0. The lowest BCUT2D eigenvalue weighted by Crippen LogP contribution is -2.36. The first-order valence-electron chi connectivity index (χ1n) is 7.97. The molecule has 0 bridgehead atoms. The van der Waals surface area contributed by atoms with Crippen molar-refractivity contribution in [1.82, 2.24) is 15.2 Å². The molecule has 0 saturated carbocycles. The number of rotatable bonds is 3. The molecule has 0 unspecified atom stereocenters. The maximum absolute atomic E-state index is 12.3. The van der Waals surface area contributed by atoms with Gasteiger partial charge in [0.1, 0.15) is 5.69 Å². The molecule has 7 heteroatoms. The van der Waals surface area contributed by atoms with Gasteiger partial charge in [0, 0.05) is 32.4 Å². The number of anilines is 1. The Morgan fingerprint density at radius 3 is 2.76 bits per heavy atom. The molecule has 2 atom stereocenters. The standard InChI is InChI=1S/C18H20N4O3/c1-22(2)17(24)14-10-12(7-8-19-14)20-18(25)21-16-13-6-4-3-5-11(13)9-15(16)23/h3-8,10,15-16,23H,9H2,1-2H3,(H2,19,20,21,25)/t15-,16+/m1/s1. The number of aliphatic hydroxyl groups is 1. The van der Waals surface area contributed by atoms with E-state index in [2.05, 4.69) is 15.6 Å². The zero-order chi connectivity index (χ0) is 18.0. The minimum Gasteiger partial charge on any atom is -0.390 e. The van der Waals surface area contributed by atoms with Crippen molar-refractivity contribution in [3.8, 4) is 0 Å². The van der Waals surface area contributed by atoms with Gasteiger partial charge in [0.15, 0.2) is 0 Å². The van der Waals surface area contributed by atoms with Crippen LogP contribution in [0.2, 0.25) is 0 Å². The van der Waals surface area contributed by atoms with Crippen molar-refractivity contribution in [2.45, 2.75) is 18.6 Å². The monoisotopic (exact) mass is 340 g/mol. The molecular weight excluding hydrogens is 320 g/mol. The van der Waals surface area contributed by atoms with Crippen molar-refractivity contribution in [3.63, 3.8) is 0 Å². The van der Waals surface area contributed by atoms with E-state index >= 15 is 0 Å². The first-order valence-corrected chi connectivity index (χ1v) is 7.97. The molecule has 1 aliphatic rings. The predicted octanol–water partition coefficient (Wildman–Crippen LogP) is 1.56. The quantitative estimate of drug-likeness (QED) is 0.790. The van der Waals surface area contributed by atoms with E-state index in [9.17, 15) is 14.7 Å². The Hall–Kier alpha value is -2.93. The largest absolute Gasteiger partial charge is 0.390 e. The molecule has 3 rings (SSSR count). The molecule has 0 fully saturated rings. The average molecular weight is 340 g/mol. The molecular formula is C18H20N4O3. The van der Waals surface area contributed by atoms with Gasteiger partial charge in [0.05, 0.1) is 12.1 Å². The van der Waals surface area contributed by atoms with Crippen molar-refractivity contribution >= 4 is 17.6 Å². The van der Waals surface area contributed by atoms with Crippen LogP contribution in [0.4, 0.5) is 10.5 Å². The molecule has 7 nitrogen and oxygen atoms in total. The van der Waals surface area contributed by atoms with Crippen LogP contribution in [-0.4, -0.2) is 47.1 Å². The number of nitrogens with zero attached hydrogens (tertiary/aromatic N) is 2. The Balaban J connectivity index is 1.69. The van der Waals surface area contributed by atoms with Crippen molar-refractivity contribution in [2.75, 3.05) is 19.4 Å². The third-order valence-electron chi connectivity index (χ3n) is 4.13. The minimum atomic E-state index is -0.661. The molecule has 0 aliphatic heterocycles.